The lowest BCUT2D eigenvalue weighted by Gasteiger charge is -2.08. The topological polar surface area (TPSA) is 74.5 Å². The summed E-state index contributed by atoms with van der Waals surface area (Å²) in [6.07, 6.45) is 1.20. The zero-order valence-electron chi connectivity index (χ0n) is 9.42. The van der Waals surface area contributed by atoms with E-state index in [2.05, 4.69) is 14.9 Å². The minimum absolute atomic E-state index is 0.224. The van der Waals surface area contributed by atoms with Crippen molar-refractivity contribution in [2.24, 2.45) is 0 Å². The molecular formula is C11H9ClN2O4. The van der Waals surface area contributed by atoms with Crippen LogP contribution in [0.1, 0.15) is 0 Å². The Balaban J connectivity index is 2.27. The highest BCUT2D eigenvalue weighted by molar-refractivity contribution is 6.30. The molecule has 6 nitrogen and oxygen atoms in total. The number of rotatable bonds is 4. The SMILES string of the molecule is COC(=O)COc1cc(Cl)ccc1-c1nnco1. The van der Waals surface area contributed by atoms with Gasteiger partial charge in [0, 0.05) is 5.02 Å². The summed E-state index contributed by atoms with van der Waals surface area (Å²) in [7, 11) is 1.28. The van der Waals surface area contributed by atoms with Crippen molar-refractivity contribution in [2.45, 2.75) is 0 Å². The zero-order valence-corrected chi connectivity index (χ0v) is 10.2. The maximum Gasteiger partial charge on any atom is 0.343 e. The molecule has 0 atom stereocenters. The average Bonchev–Trinajstić information content (AvgIpc) is 2.89. The van der Waals surface area contributed by atoms with Crippen molar-refractivity contribution in [2.75, 3.05) is 13.7 Å². The Morgan fingerprint density at radius 3 is 3.00 bits per heavy atom. The first-order valence-electron chi connectivity index (χ1n) is 4.96. The molecule has 94 valence electrons. The molecule has 0 bridgehead atoms. The van der Waals surface area contributed by atoms with Gasteiger partial charge in [0.1, 0.15) is 5.75 Å². The maximum atomic E-state index is 11.0. The van der Waals surface area contributed by atoms with Crippen LogP contribution in [-0.4, -0.2) is 29.9 Å². The summed E-state index contributed by atoms with van der Waals surface area (Å²) in [5.41, 5.74) is 0.556. The maximum absolute atomic E-state index is 11.0. The summed E-state index contributed by atoms with van der Waals surface area (Å²) in [6.45, 7) is -0.224. The van der Waals surface area contributed by atoms with Crippen LogP contribution in [0.15, 0.2) is 29.0 Å². The van der Waals surface area contributed by atoms with E-state index in [4.69, 9.17) is 20.8 Å². The molecule has 0 saturated carbocycles. The highest BCUT2D eigenvalue weighted by Crippen LogP contribution is 2.31. The lowest BCUT2D eigenvalue weighted by molar-refractivity contribution is -0.142. The molecule has 7 heteroatoms. The van der Waals surface area contributed by atoms with Gasteiger partial charge in [-0.05, 0) is 18.2 Å². The van der Waals surface area contributed by atoms with Gasteiger partial charge in [0.15, 0.2) is 6.61 Å². The number of ether oxygens (including phenoxy) is 2. The van der Waals surface area contributed by atoms with Crippen LogP contribution >= 0.6 is 11.6 Å². The molecule has 0 saturated heterocycles. The summed E-state index contributed by atoms with van der Waals surface area (Å²) in [6, 6.07) is 4.89. The van der Waals surface area contributed by atoms with E-state index in [9.17, 15) is 4.79 Å². The van der Waals surface area contributed by atoms with E-state index in [0.717, 1.165) is 0 Å². The predicted molar refractivity (Wildman–Crippen MR) is 62.3 cm³/mol. The van der Waals surface area contributed by atoms with Gasteiger partial charge >= 0.3 is 5.97 Å². The lowest BCUT2D eigenvalue weighted by Crippen LogP contribution is -2.12. The van der Waals surface area contributed by atoms with Gasteiger partial charge in [-0.2, -0.15) is 0 Å². The number of hydrogen-bond acceptors (Lipinski definition) is 6. The number of carbonyl (C=O) groups excluding carboxylic acids is 1. The fourth-order valence-corrected chi connectivity index (χ4v) is 1.44. The number of hydrogen-bond donors (Lipinski definition) is 0. The van der Waals surface area contributed by atoms with Gasteiger partial charge in [-0.15, -0.1) is 10.2 Å². The Bertz CT molecular complexity index is 542. The van der Waals surface area contributed by atoms with E-state index >= 15 is 0 Å². The summed E-state index contributed by atoms with van der Waals surface area (Å²) in [4.78, 5) is 11.0. The fourth-order valence-electron chi connectivity index (χ4n) is 1.28. The van der Waals surface area contributed by atoms with Crippen LogP contribution in [0, 0.1) is 0 Å². The van der Waals surface area contributed by atoms with Gasteiger partial charge in [-0.25, -0.2) is 4.79 Å². The van der Waals surface area contributed by atoms with E-state index in [1.165, 1.54) is 13.5 Å². The first-order chi connectivity index (χ1) is 8.70. The molecule has 0 aliphatic carbocycles. The Morgan fingerprint density at radius 1 is 1.50 bits per heavy atom. The van der Waals surface area contributed by atoms with E-state index in [0.29, 0.717) is 16.3 Å². The second-order valence-electron chi connectivity index (χ2n) is 3.25. The van der Waals surface area contributed by atoms with Crippen LogP contribution in [0.4, 0.5) is 0 Å². The van der Waals surface area contributed by atoms with Crippen LogP contribution in [0.2, 0.25) is 5.02 Å². The first-order valence-corrected chi connectivity index (χ1v) is 5.34. The quantitative estimate of drug-likeness (QED) is 0.789. The van der Waals surface area contributed by atoms with Crippen molar-refractivity contribution in [1.82, 2.24) is 10.2 Å². The Labute approximate surface area is 107 Å². The zero-order chi connectivity index (χ0) is 13.0. The molecule has 0 N–H and O–H groups in total. The Kier molecular flexibility index (Phi) is 3.78. The molecule has 0 radical (unpaired) electrons. The monoisotopic (exact) mass is 268 g/mol. The highest BCUT2D eigenvalue weighted by Gasteiger charge is 2.13. The number of carbonyl (C=O) groups is 1. The summed E-state index contributed by atoms with van der Waals surface area (Å²) in [5.74, 6) is 0.162. The molecule has 0 aliphatic heterocycles. The highest BCUT2D eigenvalue weighted by atomic mass is 35.5. The third-order valence-corrected chi connectivity index (χ3v) is 2.34. The summed E-state index contributed by atoms with van der Waals surface area (Å²) in [5, 5.41) is 7.82. The lowest BCUT2D eigenvalue weighted by atomic mass is 10.2. The second-order valence-corrected chi connectivity index (χ2v) is 3.69. The number of aromatic nitrogens is 2. The summed E-state index contributed by atoms with van der Waals surface area (Å²) < 4.78 is 14.9. The molecule has 1 heterocycles. The van der Waals surface area contributed by atoms with Gasteiger partial charge in [0.25, 0.3) is 5.89 Å². The number of benzene rings is 1. The molecule has 0 fully saturated rings. The van der Waals surface area contributed by atoms with Crippen LogP contribution in [-0.2, 0) is 9.53 Å². The molecule has 2 rings (SSSR count). The van der Waals surface area contributed by atoms with Crippen LogP contribution < -0.4 is 4.74 Å². The molecule has 18 heavy (non-hydrogen) atoms. The number of methoxy groups -OCH3 is 1. The van der Waals surface area contributed by atoms with Crippen molar-refractivity contribution < 1.29 is 18.7 Å². The normalized spacial score (nSPS) is 10.1. The van der Waals surface area contributed by atoms with Gasteiger partial charge in [-0.1, -0.05) is 11.6 Å². The van der Waals surface area contributed by atoms with E-state index in [-0.39, 0.29) is 12.5 Å². The van der Waals surface area contributed by atoms with E-state index in [1.807, 2.05) is 0 Å². The minimum Gasteiger partial charge on any atom is -0.481 e. The second kappa shape index (κ2) is 5.50. The van der Waals surface area contributed by atoms with Crippen LogP contribution in [0.5, 0.6) is 5.75 Å². The van der Waals surface area contributed by atoms with E-state index in [1.54, 1.807) is 18.2 Å². The number of esters is 1. The van der Waals surface area contributed by atoms with Crippen molar-refractivity contribution >= 4 is 17.6 Å². The molecular weight excluding hydrogens is 260 g/mol. The van der Waals surface area contributed by atoms with Gasteiger partial charge < -0.3 is 13.9 Å². The molecule has 2 aromatic rings. The molecule has 0 spiro atoms. The van der Waals surface area contributed by atoms with Crippen LogP contribution in [0.3, 0.4) is 0 Å². The minimum atomic E-state index is -0.494. The number of halogens is 1. The molecule has 1 aromatic heterocycles. The first kappa shape index (κ1) is 12.4. The third kappa shape index (κ3) is 2.78. The molecule has 1 aromatic carbocycles. The van der Waals surface area contributed by atoms with Gasteiger partial charge in [0.05, 0.1) is 12.7 Å². The van der Waals surface area contributed by atoms with Crippen LogP contribution in [0.25, 0.3) is 11.5 Å². The Hall–Kier alpha value is -2.08. The summed E-state index contributed by atoms with van der Waals surface area (Å²) >= 11 is 5.86. The molecule has 0 unspecified atom stereocenters. The number of nitrogens with zero attached hydrogens (tertiary/aromatic N) is 2. The van der Waals surface area contributed by atoms with Crippen molar-refractivity contribution in [1.29, 1.82) is 0 Å². The predicted octanol–water partition coefficient (Wildman–Crippen LogP) is 1.94. The van der Waals surface area contributed by atoms with E-state index < -0.39 is 5.97 Å². The van der Waals surface area contributed by atoms with Gasteiger partial charge in [0.2, 0.25) is 6.39 Å². The van der Waals surface area contributed by atoms with Crippen molar-refractivity contribution in [3.05, 3.63) is 29.6 Å². The van der Waals surface area contributed by atoms with Crippen molar-refractivity contribution in [3.63, 3.8) is 0 Å². The smallest absolute Gasteiger partial charge is 0.343 e. The fraction of sp³-hybridized carbons (Fsp3) is 0.182. The molecule has 0 aliphatic rings. The Morgan fingerprint density at radius 2 is 2.33 bits per heavy atom. The third-order valence-electron chi connectivity index (χ3n) is 2.11. The average molecular weight is 269 g/mol. The van der Waals surface area contributed by atoms with Crippen molar-refractivity contribution in [3.8, 4) is 17.2 Å². The van der Waals surface area contributed by atoms with Gasteiger partial charge in [-0.3, -0.25) is 0 Å². The standard InChI is InChI=1S/C11H9ClN2O4/c1-16-10(15)5-17-9-4-7(12)2-3-8(9)11-14-13-6-18-11/h2-4,6H,5H2,1H3. The largest absolute Gasteiger partial charge is 0.481 e. The molecule has 0 amide bonds.